The number of aromatic amines is 2. The number of benzene rings is 1. The first kappa shape index (κ1) is 17.9. The first-order valence-electron chi connectivity index (χ1n) is 7.17. The Bertz CT molecular complexity index is 991. The van der Waals surface area contributed by atoms with E-state index in [1.54, 1.807) is 13.8 Å². The third kappa shape index (κ3) is 3.54. The molecule has 10 heteroatoms. The molecule has 9 nitrogen and oxygen atoms in total. The van der Waals surface area contributed by atoms with E-state index in [1.807, 2.05) is 0 Å². The first-order chi connectivity index (χ1) is 11.2. The normalized spacial score (nSPS) is 14.4. The van der Waals surface area contributed by atoms with Crippen molar-refractivity contribution in [3.8, 4) is 0 Å². The van der Waals surface area contributed by atoms with Gasteiger partial charge in [0.25, 0.3) is 0 Å². The molecule has 0 spiro atoms. The Morgan fingerprint density at radius 2 is 1.79 bits per heavy atom. The molecule has 0 bridgehead atoms. The minimum absolute atomic E-state index is 0.123. The lowest BCUT2D eigenvalue weighted by molar-refractivity contribution is -0.140. The summed E-state index contributed by atoms with van der Waals surface area (Å²) in [4.78, 5) is 38.3. The standard InChI is InChI=1S/C14H17N3O6S/c1-3-7(2)11(14(20)21)17-24(22,23)8-4-5-9-10(6-8)16-13(19)12(18)15-9/h4-7,11,17H,3H2,1-2H3,(H,15,18)(H,16,19)(H,20,21)/t7-,11-/m0/s1. The summed E-state index contributed by atoms with van der Waals surface area (Å²) in [6, 6.07) is 2.42. The maximum atomic E-state index is 12.4. The van der Waals surface area contributed by atoms with Crippen LogP contribution in [0.2, 0.25) is 0 Å². The van der Waals surface area contributed by atoms with Crippen LogP contribution in [0.5, 0.6) is 0 Å². The molecule has 130 valence electrons. The Balaban J connectivity index is 2.47. The van der Waals surface area contributed by atoms with E-state index in [-0.39, 0.29) is 15.9 Å². The van der Waals surface area contributed by atoms with Crippen LogP contribution in [-0.2, 0) is 14.8 Å². The highest BCUT2D eigenvalue weighted by molar-refractivity contribution is 7.89. The molecule has 2 aromatic rings. The van der Waals surface area contributed by atoms with Gasteiger partial charge in [-0.25, -0.2) is 8.42 Å². The molecular formula is C14H17N3O6S. The Kier molecular flexibility index (Phi) is 4.90. The number of nitrogens with one attached hydrogen (secondary N) is 3. The van der Waals surface area contributed by atoms with E-state index >= 15 is 0 Å². The number of hydrogen-bond donors (Lipinski definition) is 4. The Hall–Kier alpha value is -2.46. The van der Waals surface area contributed by atoms with Crippen molar-refractivity contribution in [2.75, 3.05) is 0 Å². The minimum Gasteiger partial charge on any atom is -0.480 e. The fraction of sp³-hybridized carbons (Fsp3) is 0.357. The second kappa shape index (κ2) is 6.57. The van der Waals surface area contributed by atoms with Gasteiger partial charge in [-0.2, -0.15) is 4.72 Å². The fourth-order valence-corrected chi connectivity index (χ4v) is 3.47. The average molecular weight is 355 g/mol. The van der Waals surface area contributed by atoms with E-state index < -0.39 is 39.1 Å². The summed E-state index contributed by atoms with van der Waals surface area (Å²) in [6.07, 6.45) is 0.478. The second-order valence-electron chi connectivity index (χ2n) is 5.44. The monoisotopic (exact) mass is 355 g/mol. The smallest absolute Gasteiger partial charge is 0.322 e. The number of aromatic nitrogens is 2. The molecule has 0 amide bonds. The van der Waals surface area contributed by atoms with Crippen molar-refractivity contribution in [1.29, 1.82) is 0 Å². The topological polar surface area (TPSA) is 149 Å². The number of aliphatic carboxylic acids is 1. The molecule has 1 heterocycles. The maximum Gasteiger partial charge on any atom is 0.322 e. The zero-order valence-electron chi connectivity index (χ0n) is 13.0. The molecule has 0 unspecified atom stereocenters. The highest BCUT2D eigenvalue weighted by Crippen LogP contribution is 2.17. The number of carbonyl (C=O) groups is 1. The van der Waals surface area contributed by atoms with Crippen molar-refractivity contribution >= 4 is 27.0 Å². The molecule has 0 radical (unpaired) electrons. The van der Waals surface area contributed by atoms with Gasteiger partial charge in [0, 0.05) is 0 Å². The summed E-state index contributed by atoms with van der Waals surface area (Å²) < 4.78 is 27.0. The summed E-state index contributed by atoms with van der Waals surface area (Å²) in [5.74, 6) is -1.68. The van der Waals surface area contributed by atoms with Crippen molar-refractivity contribution in [3.05, 3.63) is 38.9 Å². The van der Waals surface area contributed by atoms with E-state index in [2.05, 4.69) is 14.7 Å². The van der Waals surface area contributed by atoms with E-state index in [0.717, 1.165) is 6.07 Å². The van der Waals surface area contributed by atoms with Gasteiger partial charge in [0.2, 0.25) is 10.0 Å². The lowest BCUT2D eigenvalue weighted by Gasteiger charge is -2.20. The summed E-state index contributed by atoms with van der Waals surface area (Å²) in [5, 5.41) is 9.21. The van der Waals surface area contributed by atoms with Crippen LogP contribution in [0.25, 0.3) is 11.0 Å². The average Bonchev–Trinajstić information content (AvgIpc) is 2.52. The van der Waals surface area contributed by atoms with Crippen LogP contribution < -0.4 is 15.8 Å². The number of fused-ring (bicyclic) bond motifs is 1. The number of carboxylic acid groups (broad SMARTS) is 1. The zero-order chi connectivity index (χ0) is 18.1. The van der Waals surface area contributed by atoms with Gasteiger partial charge in [0.05, 0.1) is 15.9 Å². The quantitative estimate of drug-likeness (QED) is 0.536. The van der Waals surface area contributed by atoms with E-state index in [9.17, 15) is 27.9 Å². The minimum atomic E-state index is -4.12. The number of H-pyrrole nitrogens is 2. The van der Waals surface area contributed by atoms with Gasteiger partial charge < -0.3 is 15.1 Å². The van der Waals surface area contributed by atoms with Gasteiger partial charge in [-0.05, 0) is 24.1 Å². The van der Waals surface area contributed by atoms with Gasteiger partial charge >= 0.3 is 17.1 Å². The Labute approximate surface area is 136 Å². The molecule has 0 fully saturated rings. The van der Waals surface area contributed by atoms with Crippen molar-refractivity contribution in [1.82, 2.24) is 14.7 Å². The summed E-state index contributed by atoms with van der Waals surface area (Å²) in [6.45, 7) is 3.38. The molecule has 24 heavy (non-hydrogen) atoms. The second-order valence-corrected chi connectivity index (χ2v) is 7.15. The highest BCUT2D eigenvalue weighted by atomic mass is 32.2. The lowest BCUT2D eigenvalue weighted by atomic mass is 10.0. The van der Waals surface area contributed by atoms with E-state index in [4.69, 9.17) is 0 Å². The molecule has 0 aliphatic rings. The van der Waals surface area contributed by atoms with Crippen LogP contribution in [0.1, 0.15) is 20.3 Å². The summed E-state index contributed by atoms with van der Waals surface area (Å²) in [5.41, 5.74) is -1.37. The van der Waals surface area contributed by atoms with E-state index in [1.165, 1.54) is 12.1 Å². The van der Waals surface area contributed by atoms with Crippen molar-refractivity contribution in [2.24, 2.45) is 5.92 Å². The van der Waals surface area contributed by atoms with Crippen molar-refractivity contribution < 1.29 is 18.3 Å². The lowest BCUT2D eigenvalue weighted by Crippen LogP contribution is -2.44. The Morgan fingerprint density at radius 1 is 1.21 bits per heavy atom. The number of carboxylic acids is 1. The van der Waals surface area contributed by atoms with Gasteiger partial charge in [0.15, 0.2) is 0 Å². The van der Waals surface area contributed by atoms with E-state index in [0.29, 0.717) is 6.42 Å². The molecular weight excluding hydrogens is 338 g/mol. The third-order valence-corrected chi connectivity index (χ3v) is 5.20. The molecule has 0 saturated carbocycles. The largest absolute Gasteiger partial charge is 0.480 e. The van der Waals surface area contributed by atoms with Gasteiger partial charge in [-0.1, -0.05) is 20.3 Å². The van der Waals surface area contributed by atoms with Gasteiger partial charge in [-0.3, -0.25) is 14.4 Å². The molecule has 0 aliphatic heterocycles. The molecule has 1 aromatic carbocycles. The highest BCUT2D eigenvalue weighted by Gasteiger charge is 2.29. The van der Waals surface area contributed by atoms with Crippen molar-refractivity contribution in [2.45, 2.75) is 31.2 Å². The molecule has 2 atom stereocenters. The molecule has 4 N–H and O–H groups in total. The van der Waals surface area contributed by atoms with Crippen LogP contribution in [0, 0.1) is 5.92 Å². The molecule has 1 aromatic heterocycles. The molecule has 0 aliphatic carbocycles. The predicted octanol–water partition coefficient (Wildman–Crippen LogP) is -0.00600. The fourth-order valence-electron chi connectivity index (χ4n) is 2.14. The number of sulfonamides is 1. The SMILES string of the molecule is CC[C@H](C)[C@H](NS(=O)(=O)c1ccc2[nH]c(=O)c(=O)[nH]c2c1)C(=O)O. The zero-order valence-corrected chi connectivity index (χ0v) is 13.8. The van der Waals surface area contributed by atoms with Crippen molar-refractivity contribution in [3.63, 3.8) is 0 Å². The summed E-state index contributed by atoms with van der Waals surface area (Å²) in [7, 11) is -4.12. The van der Waals surface area contributed by atoms with Crippen LogP contribution in [0.4, 0.5) is 0 Å². The number of hydrogen-bond acceptors (Lipinski definition) is 5. The van der Waals surface area contributed by atoms with Crippen LogP contribution in [-0.4, -0.2) is 35.5 Å². The molecule has 2 rings (SSSR count). The predicted molar refractivity (Wildman–Crippen MR) is 86.4 cm³/mol. The van der Waals surface area contributed by atoms with Crippen LogP contribution >= 0.6 is 0 Å². The van der Waals surface area contributed by atoms with Crippen LogP contribution in [0.3, 0.4) is 0 Å². The van der Waals surface area contributed by atoms with Gasteiger partial charge in [-0.15, -0.1) is 0 Å². The summed E-state index contributed by atoms with van der Waals surface area (Å²) >= 11 is 0. The maximum absolute atomic E-state index is 12.4. The number of rotatable bonds is 6. The van der Waals surface area contributed by atoms with Crippen LogP contribution in [0.15, 0.2) is 32.7 Å². The Morgan fingerprint density at radius 3 is 2.33 bits per heavy atom. The molecule has 0 saturated heterocycles. The van der Waals surface area contributed by atoms with Gasteiger partial charge in [0.1, 0.15) is 6.04 Å². The first-order valence-corrected chi connectivity index (χ1v) is 8.65. The third-order valence-electron chi connectivity index (χ3n) is 3.77.